The van der Waals surface area contributed by atoms with E-state index in [1.165, 1.54) is 19.4 Å². The zero-order chi connectivity index (χ0) is 12.0. The summed E-state index contributed by atoms with van der Waals surface area (Å²) in [5.74, 6) is -0.691. The summed E-state index contributed by atoms with van der Waals surface area (Å²) in [5.41, 5.74) is 0.597. The minimum Gasteiger partial charge on any atom is -0.546 e. The number of carboxylic acid groups (broad SMARTS) is 1. The van der Waals surface area contributed by atoms with Crippen LogP contribution in [0.15, 0.2) is 23.4 Å². The maximum absolute atomic E-state index is 10.2. The van der Waals surface area contributed by atoms with Crippen LogP contribution in [-0.4, -0.2) is 31.1 Å². The molecule has 0 heterocycles. The van der Waals surface area contributed by atoms with E-state index in [9.17, 15) is 9.90 Å². The van der Waals surface area contributed by atoms with Gasteiger partial charge >= 0.3 is 0 Å². The topological polar surface area (TPSA) is 91.2 Å². The van der Waals surface area contributed by atoms with Crippen LogP contribution in [0.1, 0.15) is 5.56 Å². The summed E-state index contributed by atoms with van der Waals surface area (Å²) in [4.78, 5) is 10.2. The zero-order valence-electron chi connectivity index (χ0n) is 8.54. The molecule has 0 aliphatic rings. The van der Waals surface area contributed by atoms with Crippen molar-refractivity contribution in [3.05, 3.63) is 23.8 Å². The van der Waals surface area contributed by atoms with Gasteiger partial charge in [-0.05, 0) is 18.2 Å². The van der Waals surface area contributed by atoms with Crippen molar-refractivity contribution in [2.75, 3.05) is 13.7 Å². The van der Waals surface area contributed by atoms with Crippen LogP contribution in [-0.2, 0) is 4.79 Å². The van der Waals surface area contributed by atoms with Gasteiger partial charge in [-0.15, -0.1) is 0 Å². The Kier molecular flexibility index (Phi) is 4.14. The Morgan fingerprint density at radius 2 is 2.31 bits per heavy atom. The average molecular weight is 224 g/mol. The summed E-state index contributed by atoms with van der Waals surface area (Å²) in [5, 5.41) is 21.4. The van der Waals surface area contributed by atoms with Crippen LogP contribution in [0.3, 0.4) is 0 Å². The monoisotopic (exact) mass is 224 g/mol. The van der Waals surface area contributed by atoms with E-state index in [-0.39, 0.29) is 5.75 Å². The molecule has 1 rings (SSSR count). The molecule has 0 amide bonds. The second-order valence-electron chi connectivity index (χ2n) is 2.82. The van der Waals surface area contributed by atoms with Crippen molar-refractivity contribution >= 4 is 12.2 Å². The maximum Gasteiger partial charge on any atom is 0.161 e. The van der Waals surface area contributed by atoms with Crippen LogP contribution in [0.5, 0.6) is 11.5 Å². The lowest BCUT2D eigenvalue weighted by Gasteiger charge is -2.11. The van der Waals surface area contributed by atoms with Crippen LogP contribution in [0, 0.1) is 0 Å². The van der Waals surface area contributed by atoms with Gasteiger partial charge < -0.3 is 24.6 Å². The van der Waals surface area contributed by atoms with Crippen LogP contribution in [0.4, 0.5) is 0 Å². The quantitative estimate of drug-likeness (QED) is 0.418. The molecule has 0 aliphatic carbocycles. The first kappa shape index (κ1) is 11.8. The van der Waals surface area contributed by atoms with Crippen LogP contribution < -0.4 is 14.6 Å². The highest BCUT2D eigenvalue weighted by atomic mass is 16.5. The predicted molar refractivity (Wildman–Crippen MR) is 52.9 cm³/mol. The number of hydrogen-bond acceptors (Lipinski definition) is 6. The molecule has 86 valence electrons. The average Bonchev–Trinajstić information content (AvgIpc) is 2.27. The van der Waals surface area contributed by atoms with Crippen molar-refractivity contribution in [3.63, 3.8) is 0 Å². The van der Waals surface area contributed by atoms with E-state index in [2.05, 4.69) is 5.16 Å². The lowest BCUT2D eigenvalue weighted by Crippen LogP contribution is -2.29. The lowest BCUT2D eigenvalue weighted by molar-refractivity contribution is -0.307. The number of ether oxygens (including phenoxy) is 2. The molecular formula is C10H10NO5-. The molecule has 0 saturated carbocycles. The fourth-order valence-electron chi connectivity index (χ4n) is 1.09. The molecule has 6 nitrogen and oxygen atoms in total. The minimum absolute atomic E-state index is 0.279. The summed E-state index contributed by atoms with van der Waals surface area (Å²) in [6, 6.07) is 4.65. The third-order valence-electron chi connectivity index (χ3n) is 1.74. The SMILES string of the molecule is COc1cc(C=NO)ccc1OCC(=O)[O-]. The summed E-state index contributed by atoms with van der Waals surface area (Å²) in [6.07, 6.45) is 1.21. The summed E-state index contributed by atoms with van der Waals surface area (Å²) >= 11 is 0. The van der Waals surface area contributed by atoms with E-state index in [0.717, 1.165) is 0 Å². The largest absolute Gasteiger partial charge is 0.546 e. The summed E-state index contributed by atoms with van der Waals surface area (Å²) in [7, 11) is 1.42. The Morgan fingerprint density at radius 1 is 1.56 bits per heavy atom. The van der Waals surface area contributed by atoms with Gasteiger partial charge in [0.2, 0.25) is 0 Å². The summed E-state index contributed by atoms with van der Waals surface area (Å²) < 4.78 is 9.91. The molecule has 6 heteroatoms. The number of carbonyl (C=O) groups excluding carboxylic acids is 1. The molecule has 1 aromatic carbocycles. The second-order valence-corrected chi connectivity index (χ2v) is 2.82. The predicted octanol–water partition coefficient (Wildman–Crippen LogP) is -0.368. The number of oxime groups is 1. The number of nitrogens with zero attached hydrogens (tertiary/aromatic N) is 1. The second kappa shape index (κ2) is 5.59. The van der Waals surface area contributed by atoms with Crippen molar-refractivity contribution in [1.82, 2.24) is 0 Å². The van der Waals surface area contributed by atoms with E-state index < -0.39 is 12.6 Å². The molecule has 0 radical (unpaired) electrons. The first-order valence-corrected chi connectivity index (χ1v) is 4.35. The van der Waals surface area contributed by atoms with Gasteiger partial charge in [0.25, 0.3) is 0 Å². The Labute approximate surface area is 91.7 Å². The highest BCUT2D eigenvalue weighted by Crippen LogP contribution is 2.27. The molecular weight excluding hydrogens is 214 g/mol. The normalized spacial score (nSPS) is 10.3. The van der Waals surface area contributed by atoms with E-state index in [1.54, 1.807) is 12.1 Å². The molecule has 0 aromatic heterocycles. The first-order chi connectivity index (χ1) is 7.67. The smallest absolute Gasteiger partial charge is 0.161 e. The maximum atomic E-state index is 10.2. The fourth-order valence-corrected chi connectivity index (χ4v) is 1.09. The Morgan fingerprint density at radius 3 is 2.88 bits per heavy atom. The van der Waals surface area contributed by atoms with Crippen molar-refractivity contribution < 1.29 is 24.6 Å². The molecule has 1 N–H and O–H groups in total. The molecule has 0 bridgehead atoms. The fraction of sp³-hybridized carbons (Fsp3) is 0.200. The van der Waals surface area contributed by atoms with Gasteiger partial charge in [0.1, 0.15) is 6.61 Å². The Balaban J connectivity index is 2.88. The van der Waals surface area contributed by atoms with Gasteiger partial charge in [-0.3, -0.25) is 0 Å². The molecule has 16 heavy (non-hydrogen) atoms. The van der Waals surface area contributed by atoms with Gasteiger partial charge in [0.15, 0.2) is 11.5 Å². The number of benzene rings is 1. The molecule has 0 unspecified atom stereocenters. The van der Waals surface area contributed by atoms with E-state index in [0.29, 0.717) is 11.3 Å². The highest BCUT2D eigenvalue weighted by molar-refractivity contribution is 5.80. The van der Waals surface area contributed by atoms with E-state index in [4.69, 9.17) is 14.7 Å². The van der Waals surface area contributed by atoms with Gasteiger partial charge in [-0.25, -0.2) is 0 Å². The zero-order valence-corrected chi connectivity index (χ0v) is 8.54. The number of aliphatic carboxylic acids is 1. The molecule has 0 fully saturated rings. The summed E-state index contributed by atoms with van der Waals surface area (Å²) in [6.45, 7) is -0.552. The number of rotatable bonds is 5. The van der Waals surface area contributed by atoms with Gasteiger partial charge in [-0.2, -0.15) is 0 Å². The van der Waals surface area contributed by atoms with Crippen molar-refractivity contribution in [2.24, 2.45) is 5.16 Å². The standard InChI is InChI=1S/C10H11NO5/c1-15-9-4-7(5-11-14)2-3-8(9)16-6-10(12)13/h2-5,14H,6H2,1H3,(H,12,13)/p-1. The number of carbonyl (C=O) groups is 1. The Hall–Kier alpha value is -2.24. The van der Waals surface area contributed by atoms with Crippen molar-refractivity contribution in [3.8, 4) is 11.5 Å². The van der Waals surface area contributed by atoms with Gasteiger partial charge in [0, 0.05) is 5.56 Å². The number of methoxy groups -OCH3 is 1. The lowest BCUT2D eigenvalue weighted by atomic mass is 10.2. The van der Waals surface area contributed by atoms with Gasteiger partial charge in [-0.1, -0.05) is 5.16 Å². The molecule has 0 saturated heterocycles. The van der Waals surface area contributed by atoms with Crippen LogP contribution in [0.2, 0.25) is 0 Å². The van der Waals surface area contributed by atoms with Crippen molar-refractivity contribution in [2.45, 2.75) is 0 Å². The number of hydrogen-bond donors (Lipinski definition) is 1. The first-order valence-electron chi connectivity index (χ1n) is 4.35. The van der Waals surface area contributed by atoms with Crippen LogP contribution >= 0.6 is 0 Å². The highest BCUT2D eigenvalue weighted by Gasteiger charge is 2.04. The molecule has 1 aromatic rings. The van der Waals surface area contributed by atoms with E-state index >= 15 is 0 Å². The molecule has 0 atom stereocenters. The van der Waals surface area contributed by atoms with Gasteiger partial charge in [0.05, 0.1) is 19.3 Å². The molecule has 0 spiro atoms. The van der Waals surface area contributed by atoms with E-state index in [1.807, 2.05) is 0 Å². The molecule has 0 aliphatic heterocycles. The third-order valence-corrected chi connectivity index (χ3v) is 1.74. The Bertz CT molecular complexity index is 402. The minimum atomic E-state index is -1.32. The van der Waals surface area contributed by atoms with Crippen molar-refractivity contribution in [1.29, 1.82) is 0 Å². The van der Waals surface area contributed by atoms with Crippen LogP contribution in [0.25, 0.3) is 0 Å². The third kappa shape index (κ3) is 3.16. The number of carboxylic acids is 1.